The standard InChI is InChI=1S/C16H11BrClFN2O/c17-21-15(22)8-14(12-5-2-6-13(19)16(12)21)20-9-10-3-1-4-11(18)7-10/h1-8,20H,9H2. The Morgan fingerprint density at radius 3 is 2.73 bits per heavy atom. The molecule has 0 atom stereocenters. The van der Waals surface area contributed by atoms with Crippen molar-refractivity contribution < 1.29 is 4.39 Å². The fourth-order valence-corrected chi connectivity index (χ4v) is 2.97. The van der Waals surface area contributed by atoms with E-state index < -0.39 is 5.82 Å². The number of halogens is 3. The number of pyridine rings is 1. The molecule has 0 bridgehead atoms. The summed E-state index contributed by atoms with van der Waals surface area (Å²) >= 11 is 9.04. The fourth-order valence-electron chi connectivity index (χ4n) is 2.29. The summed E-state index contributed by atoms with van der Waals surface area (Å²) in [6, 6.07) is 13.5. The maximum atomic E-state index is 14.0. The van der Waals surface area contributed by atoms with Crippen LogP contribution >= 0.6 is 27.7 Å². The maximum Gasteiger partial charge on any atom is 0.263 e. The van der Waals surface area contributed by atoms with Crippen LogP contribution in [0.25, 0.3) is 10.9 Å². The van der Waals surface area contributed by atoms with Gasteiger partial charge in [-0.15, -0.1) is 0 Å². The van der Waals surface area contributed by atoms with Gasteiger partial charge in [0.2, 0.25) is 0 Å². The van der Waals surface area contributed by atoms with Gasteiger partial charge in [0, 0.05) is 28.7 Å². The third kappa shape index (κ3) is 2.87. The molecule has 0 amide bonds. The van der Waals surface area contributed by atoms with Crippen LogP contribution in [0.1, 0.15) is 5.56 Å². The molecule has 22 heavy (non-hydrogen) atoms. The lowest BCUT2D eigenvalue weighted by Gasteiger charge is -2.12. The number of aromatic nitrogens is 1. The van der Waals surface area contributed by atoms with Crippen molar-refractivity contribution in [3.05, 3.63) is 75.3 Å². The summed E-state index contributed by atoms with van der Waals surface area (Å²) in [6.45, 7) is 0.484. The predicted molar refractivity (Wildman–Crippen MR) is 91.3 cm³/mol. The second kappa shape index (κ2) is 6.10. The highest BCUT2D eigenvalue weighted by Crippen LogP contribution is 2.25. The highest BCUT2D eigenvalue weighted by Gasteiger charge is 2.11. The highest BCUT2D eigenvalue weighted by atomic mass is 79.9. The largest absolute Gasteiger partial charge is 0.380 e. The average Bonchev–Trinajstić information content (AvgIpc) is 2.49. The SMILES string of the molecule is O=c1cc(NCc2cccc(Cl)c2)c2cccc(F)c2n1Br. The van der Waals surface area contributed by atoms with Crippen LogP contribution in [0.4, 0.5) is 10.1 Å². The third-order valence-electron chi connectivity index (χ3n) is 3.31. The average molecular weight is 382 g/mol. The summed E-state index contributed by atoms with van der Waals surface area (Å²) in [7, 11) is 0. The Kier molecular flexibility index (Phi) is 4.18. The molecule has 2 aromatic carbocycles. The minimum atomic E-state index is -0.460. The lowest BCUT2D eigenvalue weighted by atomic mass is 10.1. The van der Waals surface area contributed by atoms with Crippen LogP contribution in [0, 0.1) is 5.82 Å². The van der Waals surface area contributed by atoms with Gasteiger partial charge in [0.25, 0.3) is 5.56 Å². The first kappa shape index (κ1) is 15.1. The van der Waals surface area contributed by atoms with E-state index in [1.54, 1.807) is 18.2 Å². The van der Waals surface area contributed by atoms with Gasteiger partial charge in [0.1, 0.15) is 11.3 Å². The predicted octanol–water partition coefficient (Wildman–Crippen LogP) is 4.56. The number of hydrogen-bond acceptors (Lipinski definition) is 2. The van der Waals surface area contributed by atoms with Crippen LogP contribution in [0.2, 0.25) is 5.02 Å². The Balaban J connectivity index is 2.03. The number of hydrogen-bond donors (Lipinski definition) is 1. The normalized spacial score (nSPS) is 10.9. The zero-order valence-electron chi connectivity index (χ0n) is 11.3. The number of para-hydroxylation sites is 1. The number of nitrogens with one attached hydrogen (secondary N) is 1. The van der Waals surface area contributed by atoms with Crippen molar-refractivity contribution in [3.8, 4) is 0 Å². The smallest absolute Gasteiger partial charge is 0.263 e. The van der Waals surface area contributed by atoms with Crippen molar-refractivity contribution in [2.24, 2.45) is 0 Å². The molecular formula is C16H11BrClFN2O. The van der Waals surface area contributed by atoms with Gasteiger partial charge >= 0.3 is 0 Å². The lowest BCUT2D eigenvalue weighted by molar-refractivity contribution is 0.635. The van der Waals surface area contributed by atoms with Gasteiger partial charge in [0.15, 0.2) is 0 Å². The van der Waals surface area contributed by atoms with E-state index in [9.17, 15) is 9.18 Å². The Morgan fingerprint density at radius 2 is 1.95 bits per heavy atom. The van der Waals surface area contributed by atoms with Crippen molar-refractivity contribution in [2.45, 2.75) is 6.54 Å². The molecule has 3 nitrogen and oxygen atoms in total. The van der Waals surface area contributed by atoms with Crippen molar-refractivity contribution in [3.63, 3.8) is 0 Å². The number of anilines is 1. The second-order valence-electron chi connectivity index (χ2n) is 4.80. The molecule has 0 spiro atoms. The first-order chi connectivity index (χ1) is 10.6. The number of fused-ring (bicyclic) bond motifs is 1. The van der Waals surface area contributed by atoms with Crippen LogP contribution in [-0.4, -0.2) is 3.59 Å². The van der Waals surface area contributed by atoms with E-state index in [-0.39, 0.29) is 11.1 Å². The molecule has 0 aliphatic rings. The van der Waals surface area contributed by atoms with Gasteiger partial charge in [-0.25, -0.2) is 7.98 Å². The quantitative estimate of drug-likeness (QED) is 0.721. The van der Waals surface area contributed by atoms with Crippen molar-refractivity contribution in [2.75, 3.05) is 5.32 Å². The van der Waals surface area contributed by atoms with Crippen LogP contribution in [0.5, 0.6) is 0 Å². The van der Waals surface area contributed by atoms with E-state index in [2.05, 4.69) is 21.5 Å². The molecule has 0 saturated carbocycles. The van der Waals surface area contributed by atoms with Crippen LogP contribution < -0.4 is 10.9 Å². The summed E-state index contributed by atoms with van der Waals surface area (Å²) < 4.78 is 15.1. The van der Waals surface area contributed by atoms with Crippen LogP contribution in [0.15, 0.2) is 53.3 Å². The molecule has 1 N–H and O–H groups in total. The third-order valence-corrected chi connectivity index (χ3v) is 4.25. The first-order valence-electron chi connectivity index (χ1n) is 6.55. The summed E-state index contributed by atoms with van der Waals surface area (Å²) in [6.07, 6.45) is 0. The zero-order valence-corrected chi connectivity index (χ0v) is 13.7. The topological polar surface area (TPSA) is 34.0 Å². The molecule has 3 rings (SSSR count). The molecule has 0 aliphatic heterocycles. The van der Waals surface area contributed by atoms with Gasteiger partial charge in [-0.1, -0.05) is 35.9 Å². The molecule has 1 heterocycles. The van der Waals surface area contributed by atoms with E-state index in [4.69, 9.17) is 11.6 Å². The highest BCUT2D eigenvalue weighted by molar-refractivity contribution is 9.08. The summed E-state index contributed by atoms with van der Waals surface area (Å²) in [5.74, 6) is -0.460. The Hall–Kier alpha value is -1.85. The summed E-state index contributed by atoms with van der Waals surface area (Å²) in [5, 5.41) is 4.44. The Labute approximate surface area is 139 Å². The molecule has 0 fully saturated rings. The van der Waals surface area contributed by atoms with Gasteiger partial charge in [0.05, 0.1) is 16.1 Å². The minimum absolute atomic E-state index is 0.212. The number of rotatable bonds is 3. The molecule has 112 valence electrons. The van der Waals surface area contributed by atoms with Gasteiger partial charge in [-0.2, -0.15) is 0 Å². The van der Waals surface area contributed by atoms with Crippen LogP contribution in [0.3, 0.4) is 0 Å². The monoisotopic (exact) mass is 380 g/mol. The summed E-state index contributed by atoms with van der Waals surface area (Å²) in [4.78, 5) is 12.0. The Bertz CT molecular complexity index is 910. The fraction of sp³-hybridized carbons (Fsp3) is 0.0625. The van der Waals surface area contributed by atoms with Crippen molar-refractivity contribution in [1.82, 2.24) is 3.59 Å². The Morgan fingerprint density at radius 1 is 1.18 bits per heavy atom. The molecule has 6 heteroatoms. The van der Waals surface area contributed by atoms with Crippen LogP contribution in [-0.2, 0) is 6.54 Å². The van der Waals surface area contributed by atoms with Gasteiger partial charge in [-0.05, 0) is 23.8 Å². The molecule has 0 unspecified atom stereocenters. The van der Waals surface area contributed by atoms with E-state index >= 15 is 0 Å². The molecule has 3 aromatic rings. The first-order valence-corrected chi connectivity index (χ1v) is 7.64. The van der Waals surface area contributed by atoms with E-state index in [0.717, 1.165) is 9.16 Å². The molecular weight excluding hydrogens is 371 g/mol. The van der Waals surface area contributed by atoms with Gasteiger partial charge < -0.3 is 5.32 Å². The van der Waals surface area contributed by atoms with E-state index in [1.165, 1.54) is 12.1 Å². The number of benzene rings is 2. The maximum absolute atomic E-state index is 14.0. The molecule has 0 saturated heterocycles. The molecule has 0 radical (unpaired) electrons. The minimum Gasteiger partial charge on any atom is -0.380 e. The second-order valence-corrected chi connectivity index (χ2v) is 5.94. The van der Waals surface area contributed by atoms with Crippen molar-refractivity contribution in [1.29, 1.82) is 0 Å². The van der Waals surface area contributed by atoms with Gasteiger partial charge in [-0.3, -0.25) is 4.79 Å². The number of nitrogens with zero attached hydrogens (tertiary/aromatic N) is 1. The lowest BCUT2D eigenvalue weighted by Crippen LogP contribution is -2.14. The molecule has 0 aliphatic carbocycles. The van der Waals surface area contributed by atoms with E-state index in [1.807, 2.05) is 18.2 Å². The van der Waals surface area contributed by atoms with Crippen molar-refractivity contribution >= 4 is 44.3 Å². The summed E-state index contributed by atoms with van der Waals surface area (Å²) in [5.41, 5.74) is 1.42. The van der Waals surface area contributed by atoms with E-state index in [0.29, 0.717) is 22.6 Å². The zero-order chi connectivity index (χ0) is 15.7. The molecule has 1 aromatic heterocycles.